The molecule has 2 aromatic carbocycles. The number of nitrogens with one attached hydrogen (secondary N) is 1. The fraction of sp³-hybridized carbons (Fsp3) is 0.0714. The van der Waals surface area contributed by atoms with Crippen LogP contribution in [-0.2, 0) is 0 Å². The quantitative estimate of drug-likeness (QED) is 0.883. The second-order valence-electron chi connectivity index (χ2n) is 3.93. The highest BCUT2D eigenvalue weighted by Gasteiger charge is 2.12. The van der Waals surface area contributed by atoms with Crippen molar-refractivity contribution in [1.29, 1.82) is 0 Å². The summed E-state index contributed by atoms with van der Waals surface area (Å²) in [6.07, 6.45) is -0.788. The summed E-state index contributed by atoms with van der Waals surface area (Å²) in [5, 5.41) is 2.94. The maximum atomic E-state index is 12.9. The van der Waals surface area contributed by atoms with Crippen LogP contribution in [0.3, 0.4) is 0 Å². The average molecular weight is 330 g/mol. The zero-order valence-electron chi connectivity index (χ0n) is 10.8. The van der Waals surface area contributed by atoms with Gasteiger partial charge in [-0.3, -0.25) is 5.32 Å². The Hall–Kier alpha value is -1.98. The van der Waals surface area contributed by atoms with E-state index in [0.29, 0.717) is 16.5 Å². The van der Waals surface area contributed by atoms with Crippen LogP contribution >= 0.6 is 23.2 Å². The lowest BCUT2D eigenvalue weighted by Crippen LogP contribution is -2.17. The van der Waals surface area contributed by atoms with Crippen LogP contribution in [0.5, 0.6) is 11.5 Å². The van der Waals surface area contributed by atoms with Crippen molar-refractivity contribution in [3.63, 3.8) is 0 Å². The summed E-state index contributed by atoms with van der Waals surface area (Å²) in [6.45, 7) is 0. The number of rotatable bonds is 3. The molecule has 2 rings (SSSR count). The minimum atomic E-state index is -0.788. The lowest BCUT2D eigenvalue weighted by molar-refractivity contribution is 0.215. The first kappa shape index (κ1) is 15.4. The van der Waals surface area contributed by atoms with Crippen molar-refractivity contribution >= 4 is 35.0 Å². The van der Waals surface area contributed by atoms with Gasteiger partial charge < -0.3 is 9.47 Å². The Bertz CT molecular complexity index is 679. The zero-order valence-corrected chi connectivity index (χ0v) is 12.3. The van der Waals surface area contributed by atoms with Crippen LogP contribution < -0.4 is 14.8 Å². The Morgan fingerprint density at radius 2 is 1.90 bits per heavy atom. The van der Waals surface area contributed by atoms with Gasteiger partial charge in [0.2, 0.25) is 0 Å². The van der Waals surface area contributed by atoms with E-state index in [1.165, 1.54) is 13.2 Å². The number of hydrogen-bond donors (Lipinski definition) is 1. The third kappa shape index (κ3) is 4.00. The second-order valence-corrected chi connectivity index (χ2v) is 4.78. The predicted octanol–water partition coefficient (Wildman–Crippen LogP) is 4.75. The maximum Gasteiger partial charge on any atom is 0.417 e. The lowest BCUT2D eigenvalue weighted by atomic mass is 10.3. The highest BCUT2D eigenvalue weighted by molar-refractivity contribution is 6.32. The fourth-order valence-electron chi connectivity index (χ4n) is 1.56. The summed E-state index contributed by atoms with van der Waals surface area (Å²) >= 11 is 11.6. The topological polar surface area (TPSA) is 47.6 Å². The van der Waals surface area contributed by atoms with Gasteiger partial charge in [0.25, 0.3) is 0 Å². The van der Waals surface area contributed by atoms with E-state index in [1.54, 1.807) is 18.2 Å². The van der Waals surface area contributed by atoms with Crippen molar-refractivity contribution in [3.05, 3.63) is 52.3 Å². The lowest BCUT2D eigenvalue weighted by Gasteiger charge is -2.11. The Morgan fingerprint density at radius 1 is 1.14 bits per heavy atom. The first-order chi connectivity index (χ1) is 9.99. The van der Waals surface area contributed by atoms with Gasteiger partial charge in [0.15, 0.2) is 5.75 Å². The molecule has 1 amide bonds. The monoisotopic (exact) mass is 329 g/mol. The van der Waals surface area contributed by atoms with Crippen LogP contribution in [0.25, 0.3) is 0 Å². The number of benzene rings is 2. The predicted molar refractivity (Wildman–Crippen MR) is 79.1 cm³/mol. The molecule has 0 radical (unpaired) electrons. The molecular weight excluding hydrogens is 320 g/mol. The van der Waals surface area contributed by atoms with Crippen LogP contribution in [0, 0.1) is 5.82 Å². The van der Waals surface area contributed by atoms with Crippen molar-refractivity contribution in [2.24, 2.45) is 0 Å². The number of carbonyl (C=O) groups is 1. The SMILES string of the molecule is COc1cc(Cl)ccc1NC(=O)Oc1ccc(F)cc1Cl. The molecule has 0 spiro atoms. The third-order valence-corrected chi connectivity index (χ3v) is 3.03. The molecule has 0 saturated heterocycles. The Labute approximate surface area is 130 Å². The number of anilines is 1. The molecule has 0 fully saturated rings. The van der Waals surface area contributed by atoms with Gasteiger partial charge in [0.1, 0.15) is 11.6 Å². The molecule has 0 saturated carbocycles. The van der Waals surface area contributed by atoms with Gasteiger partial charge in [0, 0.05) is 11.1 Å². The summed E-state index contributed by atoms with van der Waals surface area (Å²) < 4.78 is 23.0. The van der Waals surface area contributed by atoms with Crippen LogP contribution in [0.4, 0.5) is 14.9 Å². The highest BCUT2D eigenvalue weighted by Crippen LogP contribution is 2.29. The summed E-state index contributed by atoms with van der Waals surface area (Å²) in [6, 6.07) is 8.14. The first-order valence-electron chi connectivity index (χ1n) is 5.77. The molecule has 2 aromatic rings. The van der Waals surface area contributed by atoms with E-state index in [-0.39, 0.29) is 10.8 Å². The normalized spacial score (nSPS) is 10.1. The zero-order chi connectivity index (χ0) is 15.4. The van der Waals surface area contributed by atoms with Crippen molar-refractivity contribution in [2.75, 3.05) is 12.4 Å². The molecule has 4 nitrogen and oxygen atoms in total. The summed E-state index contributed by atoms with van der Waals surface area (Å²) in [4.78, 5) is 11.8. The summed E-state index contributed by atoms with van der Waals surface area (Å²) in [7, 11) is 1.44. The van der Waals surface area contributed by atoms with Crippen LogP contribution in [0.2, 0.25) is 10.0 Å². The highest BCUT2D eigenvalue weighted by atomic mass is 35.5. The molecule has 7 heteroatoms. The van der Waals surface area contributed by atoms with E-state index >= 15 is 0 Å². The van der Waals surface area contributed by atoms with E-state index in [0.717, 1.165) is 12.1 Å². The van der Waals surface area contributed by atoms with Crippen molar-refractivity contribution in [1.82, 2.24) is 0 Å². The van der Waals surface area contributed by atoms with Gasteiger partial charge in [-0.1, -0.05) is 23.2 Å². The largest absolute Gasteiger partial charge is 0.495 e. The summed E-state index contributed by atoms with van der Waals surface area (Å²) in [5.41, 5.74) is 0.380. The minimum absolute atomic E-state index is 0.00628. The molecule has 0 bridgehead atoms. The Morgan fingerprint density at radius 3 is 2.57 bits per heavy atom. The van der Waals surface area contributed by atoms with Gasteiger partial charge in [-0.05, 0) is 30.3 Å². The van der Waals surface area contributed by atoms with Gasteiger partial charge in [-0.2, -0.15) is 0 Å². The number of carbonyl (C=O) groups excluding carboxylic acids is 1. The van der Waals surface area contributed by atoms with E-state index in [9.17, 15) is 9.18 Å². The molecule has 0 aromatic heterocycles. The van der Waals surface area contributed by atoms with Crippen molar-refractivity contribution in [2.45, 2.75) is 0 Å². The van der Waals surface area contributed by atoms with Crippen molar-refractivity contribution in [3.8, 4) is 11.5 Å². The second kappa shape index (κ2) is 6.65. The first-order valence-corrected chi connectivity index (χ1v) is 6.52. The van der Waals surface area contributed by atoms with Crippen LogP contribution in [0.15, 0.2) is 36.4 Å². The van der Waals surface area contributed by atoms with E-state index in [1.807, 2.05) is 0 Å². The van der Waals surface area contributed by atoms with Crippen molar-refractivity contribution < 1.29 is 18.7 Å². The fourth-order valence-corrected chi connectivity index (χ4v) is 1.93. The smallest absolute Gasteiger partial charge is 0.417 e. The average Bonchev–Trinajstić information content (AvgIpc) is 2.44. The van der Waals surface area contributed by atoms with E-state index in [4.69, 9.17) is 32.7 Å². The molecule has 110 valence electrons. The van der Waals surface area contributed by atoms with Crippen LogP contribution in [0.1, 0.15) is 0 Å². The number of ether oxygens (including phenoxy) is 2. The van der Waals surface area contributed by atoms with Crippen LogP contribution in [-0.4, -0.2) is 13.2 Å². The molecule has 0 aliphatic carbocycles. The molecule has 0 atom stereocenters. The molecule has 0 aliphatic heterocycles. The molecule has 0 aliphatic rings. The Kier molecular flexibility index (Phi) is 4.88. The van der Waals surface area contributed by atoms with E-state index in [2.05, 4.69) is 5.32 Å². The van der Waals surface area contributed by atoms with Gasteiger partial charge in [-0.25, -0.2) is 9.18 Å². The number of methoxy groups -OCH3 is 1. The molecule has 0 heterocycles. The third-order valence-electron chi connectivity index (χ3n) is 2.50. The van der Waals surface area contributed by atoms with Gasteiger partial charge >= 0.3 is 6.09 Å². The number of halogens is 3. The molecule has 0 unspecified atom stereocenters. The molecule has 21 heavy (non-hydrogen) atoms. The van der Waals surface area contributed by atoms with E-state index < -0.39 is 11.9 Å². The molecular formula is C14H10Cl2FNO3. The Balaban J connectivity index is 2.11. The minimum Gasteiger partial charge on any atom is -0.495 e. The standard InChI is InChI=1S/C14H10Cl2FNO3/c1-20-13-6-8(15)2-4-11(13)18-14(19)21-12-5-3-9(17)7-10(12)16/h2-7H,1H3,(H,18,19). The number of amides is 1. The number of hydrogen-bond acceptors (Lipinski definition) is 3. The summed E-state index contributed by atoms with van der Waals surface area (Å²) in [5.74, 6) is -0.0970. The van der Waals surface area contributed by atoms with Gasteiger partial charge in [0.05, 0.1) is 17.8 Å². The molecule has 1 N–H and O–H groups in total. The maximum absolute atomic E-state index is 12.9. The van der Waals surface area contributed by atoms with Gasteiger partial charge in [-0.15, -0.1) is 0 Å².